The van der Waals surface area contributed by atoms with Crippen LogP contribution in [0.4, 0.5) is 0 Å². The lowest BCUT2D eigenvalue weighted by Crippen LogP contribution is -2.43. The molecule has 1 aliphatic rings. The third-order valence-electron chi connectivity index (χ3n) is 2.77. The minimum Gasteiger partial charge on any atom is -0.469 e. The largest absolute Gasteiger partial charge is 0.469 e. The molecule has 1 aromatic rings. The first kappa shape index (κ1) is 11.2. The molecule has 0 radical (unpaired) electrons. The molecule has 2 atom stereocenters. The van der Waals surface area contributed by atoms with Crippen molar-refractivity contribution < 1.29 is 13.9 Å². The zero-order valence-electron chi connectivity index (χ0n) is 9.45. The fourth-order valence-electron chi connectivity index (χ4n) is 1.86. The zero-order valence-corrected chi connectivity index (χ0v) is 9.45. The first-order valence-corrected chi connectivity index (χ1v) is 5.30. The molecule has 5 heteroatoms. The molecule has 0 bridgehead atoms. The van der Waals surface area contributed by atoms with Crippen LogP contribution >= 0.6 is 0 Å². The molecule has 2 N–H and O–H groups in total. The summed E-state index contributed by atoms with van der Waals surface area (Å²) in [5, 5.41) is 6.10. The summed E-state index contributed by atoms with van der Waals surface area (Å²) in [7, 11) is 1.65. The molecule has 0 saturated carbocycles. The van der Waals surface area contributed by atoms with E-state index in [1.54, 1.807) is 13.2 Å². The lowest BCUT2D eigenvalue weighted by molar-refractivity contribution is 0.0779. The molecule has 1 amide bonds. The number of hydrogen-bond donors (Lipinski definition) is 2. The molecule has 1 unspecified atom stereocenters. The van der Waals surface area contributed by atoms with Crippen LogP contribution in [0.15, 0.2) is 16.7 Å². The molecule has 2 heterocycles. The molecule has 5 nitrogen and oxygen atoms in total. The predicted molar refractivity (Wildman–Crippen MR) is 58.4 cm³/mol. The Morgan fingerprint density at radius 2 is 2.44 bits per heavy atom. The number of carbonyl (C=O) groups is 1. The summed E-state index contributed by atoms with van der Waals surface area (Å²) in [5.41, 5.74) is 0.555. The van der Waals surface area contributed by atoms with Crippen LogP contribution in [-0.2, 0) is 4.74 Å². The van der Waals surface area contributed by atoms with E-state index in [-0.39, 0.29) is 18.1 Å². The van der Waals surface area contributed by atoms with E-state index in [1.807, 2.05) is 6.92 Å². The monoisotopic (exact) mass is 224 g/mol. The SMILES string of the molecule is CO[C@H]1CNCC1NC(=O)c1coc(C)c1. The summed E-state index contributed by atoms with van der Waals surface area (Å²) in [6.07, 6.45) is 1.51. The van der Waals surface area contributed by atoms with E-state index in [4.69, 9.17) is 9.15 Å². The number of nitrogens with one attached hydrogen (secondary N) is 2. The highest BCUT2D eigenvalue weighted by molar-refractivity contribution is 5.94. The maximum absolute atomic E-state index is 11.8. The Kier molecular flexibility index (Phi) is 3.26. The Labute approximate surface area is 94.1 Å². The van der Waals surface area contributed by atoms with E-state index in [0.717, 1.165) is 18.8 Å². The number of hydrogen-bond acceptors (Lipinski definition) is 4. The number of methoxy groups -OCH3 is 1. The van der Waals surface area contributed by atoms with Gasteiger partial charge in [0, 0.05) is 20.2 Å². The molecular formula is C11H16N2O3. The van der Waals surface area contributed by atoms with Gasteiger partial charge in [-0.2, -0.15) is 0 Å². The lowest BCUT2D eigenvalue weighted by atomic mass is 10.2. The number of amides is 1. The third-order valence-corrected chi connectivity index (χ3v) is 2.77. The highest BCUT2D eigenvalue weighted by Crippen LogP contribution is 2.09. The molecular weight excluding hydrogens is 208 g/mol. The Bertz CT molecular complexity index is 375. The Balaban J connectivity index is 1.97. The fraction of sp³-hybridized carbons (Fsp3) is 0.545. The van der Waals surface area contributed by atoms with Crippen LogP contribution < -0.4 is 10.6 Å². The molecule has 1 saturated heterocycles. The van der Waals surface area contributed by atoms with E-state index in [0.29, 0.717) is 5.56 Å². The van der Waals surface area contributed by atoms with E-state index in [1.165, 1.54) is 6.26 Å². The van der Waals surface area contributed by atoms with Gasteiger partial charge in [-0.05, 0) is 13.0 Å². The van der Waals surface area contributed by atoms with Crippen molar-refractivity contribution in [3.8, 4) is 0 Å². The molecule has 0 spiro atoms. The van der Waals surface area contributed by atoms with Crippen molar-refractivity contribution >= 4 is 5.91 Å². The van der Waals surface area contributed by atoms with Gasteiger partial charge < -0.3 is 19.8 Å². The highest BCUT2D eigenvalue weighted by Gasteiger charge is 2.28. The molecule has 1 aromatic heterocycles. The second-order valence-corrected chi connectivity index (χ2v) is 3.96. The van der Waals surface area contributed by atoms with Gasteiger partial charge in [0.25, 0.3) is 5.91 Å². The molecule has 0 aliphatic carbocycles. The van der Waals surface area contributed by atoms with Crippen molar-refractivity contribution in [2.75, 3.05) is 20.2 Å². The molecule has 2 rings (SSSR count). The fourth-order valence-corrected chi connectivity index (χ4v) is 1.86. The topological polar surface area (TPSA) is 63.5 Å². The minimum atomic E-state index is -0.118. The van der Waals surface area contributed by atoms with E-state index >= 15 is 0 Å². The van der Waals surface area contributed by atoms with Gasteiger partial charge in [-0.25, -0.2) is 0 Å². The van der Waals surface area contributed by atoms with Crippen molar-refractivity contribution in [2.24, 2.45) is 0 Å². The van der Waals surface area contributed by atoms with Crippen molar-refractivity contribution in [3.05, 3.63) is 23.7 Å². The van der Waals surface area contributed by atoms with Crippen LogP contribution in [0.5, 0.6) is 0 Å². The standard InChI is InChI=1S/C11H16N2O3/c1-7-3-8(6-16-7)11(14)13-9-4-12-5-10(9)15-2/h3,6,9-10,12H,4-5H2,1-2H3,(H,13,14)/t9?,10-/m0/s1. The Hall–Kier alpha value is -1.33. The maximum Gasteiger partial charge on any atom is 0.254 e. The first-order chi connectivity index (χ1) is 7.70. The summed E-state index contributed by atoms with van der Waals surface area (Å²) in [4.78, 5) is 11.8. The van der Waals surface area contributed by atoms with Gasteiger partial charge in [0.1, 0.15) is 12.0 Å². The average molecular weight is 224 g/mol. The first-order valence-electron chi connectivity index (χ1n) is 5.30. The smallest absolute Gasteiger partial charge is 0.254 e. The number of aryl methyl sites for hydroxylation is 1. The number of furan rings is 1. The highest BCUT2D eigenvalue weighted by atomic mass is 16.5. The van der Waals surface area contributed by atoms with Crippen molar-refractivity contribution in [1.82, 2.24) is 10.6 Å². The lowest BCUT2D eigenvalue weighted by Gasteiger charge is -2.17. The molecule has 16 heavy (non-hydrogen) atoms. The van der Waals surface area contributed by atoms with Crippen LogP contribution in [0.3, 0.4) is 0 Å². The van der Waals surface area contributed by atoms with Gasteiger partial charge in [-0.3, -0.25) is 4.79 Å². The van der Waals surface area contributed by atoms with Crippen LogP contribution in [0, 0.1) is 6.92 Å². The van der Waals surface area contributed by atoms with Gasteiger partial charge in [0.2, 0.25) is 0 Å². The van der Waals surface area contributed by atoms with Gasteiger partial charge in [0.15, 0.2) is 0 Å². The van der Waals surface area contributed by atoms with E-state index < -0.39 is 0 Å². The summed E-state index contributed by atoms with van der Waals surface area (Å²) in [6.45, 7) is 3.32. The number of ether oxygens (including phenoxy) is 1. The number of rotatable bonds is 3. The van der Waals surface area contributed by atoms with Crippen molar-refractivity contribution in [3.63, 3.8) is 0 Å². The van der Waals surface area contributed by atoms with Crippen LogP contribution in [0.2, 0.25) is 0 Å². The van der Waals surface area contributed by atoms with Gasteiger partial charge >= 0.3 is 0 Å². The summed E-state index contributed by atoms with van der Waals surface area (Å²) in [5.74, 6) is 0.616. The second-order valence-electron chi connectivity index (χ2n) is 3.96. The normalized spacial score (nSPS) is 24.6. The minimum absolute atomic E-state index is 0.0210. The maximum atomic E-state index is 11.8. The molecule has 0 aromatic carbocycles. The second kappa shape index (κ2) is 4.67. The van der Waals surface area contributed by atoms with E-state index in [9.17, 15) is 4.79 Å². The van der Waals surface area contributed by atoms with Crippen LogP contribution in [0.1, 0.15) is 16.1 Å². The molecule has 1 aliphatic heterocycles. The summed E-state index contributed by atoms with van der Waals surface area (Å²) >= 11 is 0. The quantitative estimate of drug-likeness (QED) is 0.775. The average Bonchev–Trinajstić information content (AvgIpc) is 2.86. The van der Waals surface area contributed by atoms with Crippen molar-refractivity contribution in [1.29, 1.82) is 0 Å². The third kappa shape index (κ3) is 2.25. The van der Waals surface area contributed by atoms with Crippen LogP contribution in [-0.4, -0.2) is 38.3 Å². The zero-order chi connectivity index (χ0) is 11.5. The van der Waals surface area contributed by atoms with Gasteiger partial charge in [-0.15, -0.1) is 0 Å². The van der Waals surface area contributed by atoms with Crippen molar-refractivity contribution in [2.45, 2.75) is 19.1 Å². The molecule has 1 fully saturated rings. The van der Waals surface area contributed by atoms with Gasteiger partial charge in [0.05, 0.1) is 17.7 Å². The number of carbonyl (C=O) groups excluding carboxylic acids is 1. The summed E-state index contributed by atoms with van der Waals surface area (Å²) < 4.78 is 10.4. The summed E-state index contributed by atoms with van der Waals surface area (Å²) in [6, 6.07) is 1.74. The molecule has 88 valence electrons. The Morgan fingerprint density at radius 3 is 3.06 bits per heavy atom. The van der Waals surface area contributed by atoms with Gasteiger partial charge in [-0.1, -0.05) is 0 Å². The van der Waals surface area contributed by atoms with Crippen LogP contribution in [0.25, 0.3) is 0 Å². The Morgan fingerprint density at radius 1 is 1.62 bits per heavy atom. The predicted octanol–water partition coefficient (Wildman–Crippen LogP) is 0.305. The van der Waals surface area contributed by atoms with E-state index in [2.05, 4.69) is 10.6 Å².